The van der Waals surface area contributed by atoms with E-state index in [-0.39, 0.29) is 5.91 Å². The average molecular weight is 476 g/mol. The van der Waals surface area contributed by atoms with Crippen LogP contribution in [0.5, 0.6) is 5.75 Å². The Hall–Kier alpha value is -3.23. The number of carbonyl (C=O) groups excluding carboxylic acids is 1. The number of nitrogens with zero attached hydrogens (tertiary/aromatic N) is 4. The maximum atomic E-state index is 13.3. The number of aromatic nitrogens is 2. The van der Waals surface area contributed by atoms with Crippen molar-refractivity contribution in [2.45, 2.75) is 32.0 Å². The number of thiazole rings is 1. The standard InChI is InChI=1S/C26H29N5O2S/c1-4-31-11-9-26(10-12-31)30(3)25(32)22-13-19(6-8-24(22)33-26)23-7-5-20(14-29-23)18(2)28-16-21-15-27-17-34-21/h5-8,13-15,17,28H,2,4,9-12,16H2,1,3H3. The van der Waals surface area contributed by atoms with Crippen LogP contribution in [-0.4, -0.2) is 58.1 Å². The van der Waals surface area contributed by atoms with E-state index in [1.54, 1.807) is 22.4 Å². The summed E-state index contributed by atoms with van der Waals surface area (Å²) in [4.78, 5) is 27.4. The van der Waals surface area contributed by atoms with E-state index in [9.17, 15) is 4.79 Å². The van der Waals surface area contributed by atoms with Crippen LogP contribution in [0, 0.1) is 0 Å². The molecule has 0 radical (unpaired) electrons. The van der Waals surface area contributed by atoms with Crippen LogP contribution in [0.25, 0.3) is 17.0 Å². The predicted octanol–water partition coefficient (Wildman–Crippen LogP) is 4.24. The number of piperidine rings is 1. The number of benzene rings is 1. The number of likely N-dealkylation sites (tertiary alicyclic amines) is 1. The summed E-state index contributed by atoms with van der Waals surface area (Å²) in [5.41, 5.74) is 5.27. The van der Waals surface area contributed by atoms with Crippen molar-refractivity contribution in [1.82, 2.24) is 25.1 Å². The Bertz CT molecular complexity index is 1180. The second-order valence-electron chi connectivity index (χ2n) is 8.79. The lowest BCUT2D eigenvalue weighted by atomic mass is 9.94. The Morgan fingerprint density at radius 1 is 1.24 bits per heavy atom. The highest BCUT2D eigenvalue weighted by molar-refractivity contribution is 7.09. The fraction of sp³-hybridized carbons (Fsp3) is 0.346. The molecule has 1 N–H and O–H groups in total. The molecule has 1 fully saturated rings. The third-order valence-electron chi connectivity index (χ3n) is 6.88. The molecule has 2 aromatic heterocycles. The number of rotatable bonds is 6. The van der Waals surface area contributed by atoms with Crippen molar-refractivity contribution in [3.05, 3.63) is 70.8 Å². The fourth-order valence-corrected chi connectivity index (χ4v) is 5.14. The van der Waals surface area contributed by atoms with Crippen molar-refractivity contribution in [2.24, 2.45) is 0 Å². The largest absolute Gasteiger partial charge is 0.467 e. The van der Waals surface area contributed by atoms with Gasteiger partial charge in [-0.1, -0.05) is 13.5 Å². The van der Waals surface area contributed by atoms with E-state index >= 15 is 0 Å². The van der Waals surface area contributed by atoms with Gasteiger partial charge in [-0.15, -0.1) is 11.3 Å². The number of carbonyl (C=O) groups is 1. The smallest absolute Gasteiger partial charge is 0.260 e. The number of ether oxygens (including phenoxy) is 1. The molecule has 4 heterocycles. The molecule has 1 aromatic carbocycles. The van der Waals surface area contributed by atoms with Crippen LogP contribution in [0.1, 0.15) is 40.6 Å². The zero-order valence-electron chi connectivity index (χ0n) is 19.6. The van der Waals surface area contributed by atoms with Crippen molar-refractivity contribution in [1.29, 1.82) is 0 Å². The molecule has 2 aliphatic heterocycles. The van der Waals surface area contributed by atoms with Gasteiger partial charge in [0, 0.05) is 67.1 Å². The molecular formula is C26H29N5O2S. The number of hydrogen-bond donors (Lipinski definition) is 1. The summed E-state index contributed by atoms with van der Waals surface area (Å²) in [5, 5.41) is 3.31. The van der Waals surface area contributed by atoms with Gasteiger partial charge in [0.1, 0.15) is 5.75 Å². The van der Waals surface area contributed by atoms with Crippen LogP contribution in [0.2, 0.25) is 0 Å². The lowest BCUT2D eigenvalue weighted by Gasteiger charge is -2.49. The zero-order valence-corrected chi connectivity index (χ0v) is 20.4. The summed E-state index contributed by atoms with van der Waals surface area (Å²) >= 11 is 1.61. The maximum absolute atomic E-state index is 13.3. The molecule has 1 saturated heterocycles. The van der Waals surface area contributed by atoms with Gasteiger partial charge in [-0.2, -0.15) is 0 Å². The van der Waals surface area contributed by atoms with Crippen molar-refractivity contribution in [3.63, 3.8) is 0 Å². The molecule has 0 atom stereocenters. The summed E-state index contributed by atoms with van der Waals surface area (Å²) in [5.74, 6) is 0.666. The molecule has 2 aliphatic rings. The SMILES string of the molecule is C=C(NCc1cncs1)c1ccc(-c2ccc3c(c2)C(=O)N(C)C2(CCN(CC)CC2)O3)nc1. The van der Waals surface area contributed by atoms with Crippen molar-refractivity contribution in [3.8, 4) is 17.0 Å². The fourth-order valence-electron chi connectivity index (χ4n) is 4.61. The predicted molar refractivity (Wildman–Crippen MR) is 134 cm³/mol. The molecule has 3 aromatic rings. The minimum atomic E-state index is -0.552. The van der Waals surface area contributed by atoms with Crippen molar-refractivity contribution < 1.29 is 9.53 Å². The van der Waals surface area contributed by atoms with Gasteiger partial charge >= 0.3 is 0 Å². The zero-order chi connectivity index (χ0) is 23.7. The molecule has 1 amide bonds. The van der Waals surface area contributed by atoms with E-state index in [0.29, 0.717) is 17.9 Å². The monoisotopic (exact) mass is 475 g/mol. The van der Waals surface area contributed by atoms with Gasteiger partial charge in [-0.25, -0.2) is 0 Å². The van der Waals surface area contributed by atoms with Crippen LogP contribution in [0.15, 0.2) is 54.8 Å². The molecular weight excluding hydrogens is 446 g/mol. The van der Waals surface area contributed by atoms with Gasteiger partial charge in [0.2, 0.25) is 0 Å². The first kappa shape index (κ1) is 22.6. The molecule has 5 rings (SSSR count). The molecule has 176 valence electrons. The molecule has 1 spiro atoms. The van der Waals surface area contributed by atoms with Crippen LogP contribution < -0.4 is 10.1 Å². The van der Waals surface area contributed by atoms with E-state index in [1.165, 1.54) is 0 Å². The van der Waals surface area contributed by atoms with E-state index in [0.717, 1.165) is 59.9 Å². The Labute approximate surface area is 204 Å². The third-order valence-corrected chi connectivity index (χ3v) is 7.66. The summed E-state index contributed by atoms with van der Waals surface area (Å²) in [6, 6.07) is 9.72. The summed E-state index contributed by atoms with van der Waals surface area (Å²) in [6.45, 7) is 9.86. The Balaban J connectivity index is 1.32. The summed E-state index contributed by atoms with van der Waals surface area (Å²) < 4.78 is 6.47. The average Bonchev–Trinajstić information content (AvgIpc) is 3.40. The Morgan fingerprint density at radius 3 is 2.74 bits per heavy atom. The second kappa shape index (κ2) is 9.19. The minimum absolute atomic E-state index is 0.00492. The Kier molecular flexibility index (Phi) is 6.10. The van der Waals surface area contributed by atoms with Gasteiger partial charge in [-0.05, 0) is 36.9 Å². The van der Waals surface area contributed by atoms with Crippen LogP contribution >= 0.6 is 11.3 Å². The maximum Gasteiger partial charge on any atom is 0.260 e. The Morgan fingerprint density at radius 2 is 2.06 bits per heavy atom. The van der Waals surface area contributed by atoms with Gasteiger partial charge in [0.15, 0.2) is 5.72 Å². The minimum Gasteiger partial charge on any atom is -0.467 e. The molecule has 0 saturated carbocycles. The van der Waals surface area contributed by atoms with Crippen molar-refractivity contribution in [2.75, 3.05) is 26.7 Å². The molecule has 0 aliphatic carbocycles. The number of fused-ring (bicyclic) bond motifs is 1. The van der Waals surface area contributed by atoms with Gasteiger partial charge < -0.3 is 19.9 Å². The molecule has 0 bridgehead atoms. The first-order chi connectivity index (χ1) is 16.5. The first-order valence-electron chi connectivity index (χ1n) is 11.6. The quantitative estimate of drug-likeness (QED) is 0.575. The first-order valence-corrected chi connectivity index (χ1v) is 12.5. The highest BCUT2D eigenvalue weighted by atomic mass is 32.1. The van der Waals surface area contributed by atoms with Crippen LogP contribution in [0.4, 0.5) is 0 Å². The highest BCUT2D eigenvalue weighted by Gasteiger charge is 2.46. The summed E-state index contributed by atoms with van der Waals surface area (Å²) in [6.07, 6.45) is 5.28. The van der Waals surface area contributed by atoms with E-state index in [1.807, 2.05) is 49.1 Å². The highest BCUT2D eigenvalue weighted by Crippen LogP contribution is 2.40. The molecule has 8 heteroatoms. The van der Waals surface area contributed by atoms with Gasteiger partial charge in [-0.3, -0.25) is 14.8 Å². The molecule has 7 nitrogen and oxygen atoms in total. The van der Waals surface area contributed by atoms with Gasteiger partial charge in [0.05, 0.1) is 23.3 Å². The molecule has 0 unspecified atom stereocenters. The number of amides is 1. The second-order valence-corrected chi connectivity index (χ2v) is 9.76. The number of pyridine rings is 1. The van der Waals surface area contributed by atoms with E-state index in [2.05, 4.69) is 33.7 Å². The normalized spacial score (nSPS) is 17.4. The lowest BCUT2D eigenvalue weighted by Crippen LogP contribution is -2.61. The van der Waals surface area contributed by atoms with E-state index < -0.39 is 5.72 Å². The lowest BCUT2D eigenvalue weighted by molar-refractivity contribution is -0.0999. The number of hydrogen-bond acceptors (Lipinski definition) is 7. The van der Waals surface area contributed by atoms with Crippen LogP contribution in [0.3, 0.4) is 0 Å². The summed E-state index contributed by atoms with van der Waals surface area (Å²) in [7, 11) is 1.86. The molecule has 34 heavy (non-hydrogen) atoms. The third kappa shape index (κ3) is 4.19. The van der Waals surface area contributed by atoms with Crippen LogP contribution in [-0.2, 0) is 6.54 Å². The van der Waals surface area contributed by atoms with Gasteiger partial charge in [0.25, 0.3) is 5.91 Å². The topological polar surface area (TPSA) is 70.6 Å². The number of nitrogens with one attached hydrogen (secondary N) is 1. The van der Waals surface area contributed by atoms with E-state index in [4.69, 9.17) is 4.74 Å². The van der Waals surface area contributed by atoms with Crippen molar-refractivity contribution >= 4 is 22.9 Å².